The van der Waals surface area contributed by atoms with Crippen LogP contribution in [0.2, 0.25) is 0 Å². The molecule has 1 N–H and O–H groups in total. The van der Waals surface area contributed by atoms with Gasteiger partial charge in [0, 0.05) is 33.2 Å². The van der Waals surface area contributed by atoms with Gasteiger partial charge in [0.1, 0.15) is 0 Å². The average molecular weight is 294 g/mol. The highest BCUT2D eigenvalue weighted by molar-refractivity contribution is 5.45. The van der Waals surface area contributed by atoms with E-state index in [1.165, 1.54) is 0 Å². The van der Waals surface area contributed by atoms with Crippen LogP contribution in [0.3, 0.4) is 0 Å². The van der Waals surface area contributed by atoms with E-state index in [2.05, 4.69) is 71.6 Å². The molecule has 1 aromatic rings. The second-order valence-corrected chi connectivity index (χ2v) is 6.33. The van der Waals surface area contributed by atoms with Crippen molar-refractivity contribution in [3.8, 4) is 0 Å². The Morgan fingerprint density at radius 3 is 2.00 bits per heavy atom. The number of aromatic nitrogens is 3. The summed E-state index contributed by atoms with van der Waals surface area (Å²) in [4.78, 5) is 17.9. The average Bonchev–Trinajstić information content (AvgIpc) is 2.45. The van der Waals surface area contributed by atoms with Crippen LogP contribution < -0.4 is 15.1 Å². The lowest BCUT2D eigenvalue weighted by Gasteiger charge is -2.35. The third-order valence-corrected chi connectivity index (χ3v) is 4.03. The molecule has 0 aliphatic heterocycles. The van der Waals surface area contributed by atoms with Crippen molar-refractivity contribution in [2.45, 2.75) is 47.6 Å². The molecule has 0 amide bonds. The van der Waals surface area contributed by atoms with Gasteiger partial charge in [-0.3, -0.25) is 0 Å². The third kappa shape index (κ3) is 4.19. The topological polar surface area (TPSA) is 57.2 Å². The molecule has 0 aliphatic carbocycles. The summed E-state index contributed by atoms with van der Waals surface area (Å²) in [6.45, 7) is 14.8. The van der Waals surface area contributed by atoms with Crippen LogP contribution in [0.5, 0.6) is 0 Å². The van der Waals surface area contributed by atoms with Crippen LogP contribution in [0.15, 0.2) is 0 Å². The molecule has 120 valence electrons. The molecule has 0 spiro atoms. The first-order valence-electron chi connectivity index (χ1n) is 7.66. The molecule has 0 aromatic carbocycles. The van der Waals surface area contributed by atoms with Crippen LogP contribution in [0, 0.1) is 5.41 Å². The molecule has 0 saturated carbocycles. The lowest BCUT2D eigenvalue weighted by atomic mass is 9.87. The minimum absolute atomic E-state index is 0.149. The van der Waals surface area contributed by atoms with Crippen molar-refractivity contribution in [3.05, 3.63) is 0 Å². The first-order chi connectivity index (χ1) is 9.74. The van der Waals surface area contributed by atoms with Crippen LogP contribution >= 0.6 is 0 Å². The van der Waals surface area contributed by atoms with Gasteiger partial charge in [0.05, 0.1) is 0 Å². The van der Waals surface area contributed by atoms with E-state index in [1.54, 1.807) is 0 Å². The van der Waals surface area contributed by atoms with E-state index in [4.69, 9.17) is 0 Å². The van der Waals surface area contributed by atoms with Gasteiger partial charge in [-0.15, -0.1) is 0 Å². The maximum Gasteiger partial charge on any atom is 0.231 e. The summed E-state index contributed by atoms with van der Waals surface area (Å²) in [6, 6.07) is 0.314. The van der Waals surface area contributed by atoms with Crippen molar-refractivity contribution in [1.29, 1.82) is 0 Å². The summed E-state index contributed by atoms with van der Waals surface area (Å²) in [7, 11) is 3.87. The predicted molar refractivity (Wildman–Crippen MR) is 90.3 cm³/mol. The highest BCUT2D eigenvalue weighted by Gasteiger charge is 2.26. The Kier molecular flexibility index (Phi) is 5.75. The summed E-state index contributed by atoms with van der Waals surface area (Å²) in [5, 5.41) is 3.03. The number of nitrogens with zero attached hydrogens (tertiary/aromatic N) is 5. The zero-order chi connectivity index (χ0) is 16.2. The van der Waals surface area contributed by atoms with Gasteiger partial charge in [-0.2, -0.15) is 15.0 Å². The van der Waals surface area contributed by atoms with Gasteiger partial charge in [-0.25, -0.2) is 0 Å². The zero-order valence-corrected chi connectivity index (χ0v) is 14.7. The Balaban J connectivity index is 3.20. The Hall–Kier alpha value is -1.59. The fourth-order valence-electron chi connectivity index (χ4n) is 2.03. The number of hydrogen-bond acceptors (Lipinski definition) is 6. The third-order valence-electron chi connectivity index (χ3n) is 4.03. The molecule has 21 heavy (non-hydrogen) atoms. The molecule has 1 unspecified atom stereocenters. The van der Waals surface area contributed by atoms with E-state index in [0.29, 0.717) is 17.9 Å². The van der Waals surface area contributed by atoms with E-state index < -0.39 is 0 Å². The standard InChI is InChI=1S/C15H30N6/c1-9-21(10-2)14-18-12(16-7)17-13(19-14)20(8)11(3)15(4,5)6/h11H,9-10H2,1-8H3,(H,16,17,18,19). The smallest absolute Gasteiger partial charge is 0.231 e. The Morgan fingerprint density at radius 1 is 1.05 bits per heavy atom. The van der Waals surface area contributed by atoms with Gasteiger partial charge in [-0.05, 0) is 26.2 Å². The molecule has 0 aliphatic rings. The van der Waals surface area contributed by atoms with Crippen molar-refractivity contribution >= 4 is 17.8 Å². The Morgan fingerprint density at radius 2 is 1.57 bits per heavy atom. The molecule has 0 bridgehead atoms. The van der Waals surface area contributed by atoms with Crippen LogP contribution in [-0.2, 0) is 0 Å². The van der Waals surface area contributed by atoms with Gasteiger partial charge in [-0.1, -0.05) is 20.8 Å². The molecule has 1 atom stereocenters. The molecule has 6 nitrogen and oxygen atoms in total. The van der Waals surface area contributed by atoms with Gasteiger partial charge >= 0.3 is 0 Å². The highest BCUT2D eigenvalue weighted by atomic mass is 15.4. The largest absolute Gasteiger partial charge is 0.357 e. The minimum Gasteiger partial charge on any atom is -0.357 e. The van der Waals surface area contributed by atoms with Gasteiger partial charge in [0.2, 0.25) is 17.8 Å². The molecule has 0 radical (unpaired) electrons. The highest BCUT2D eigenvalue weighted by Crippen LogP contribution is 2.26. The van der Waals surface area contributed by atoms with Crippen LogP contribution in [0.4, 0.5) is 17.8 Å². The van der Waals surface area contributed by atoms with Crippen LogP contribution in [0.1, 0.15) is 41.5 Å². The number of nitrogens with one attached hydrogen (secondary N) is 1. The van der Waals surface area contributed by atoms with Crippen LogP contribution in [-0.4, -0.2) is 48.2 Å². The maximum absolute atomic E-state index is 4.65. The molecule has 0 fully saturated rings. The second kappa shape index (κ2) is 6.91. The Labute approximate surface area is 129 Å². The summed E-state index contributed by atoms with van der Waals surface area (Å²) in [5.41, 5.74) is 0.149. The van der Waals surface area contributed by atoms with Crippen molar-refractivity contribution < 1.29 is 0 Å². The molecular weight excluding hydrogens is 264 g/mol. The SMILES string of the molecule is CCN(CC)c1nc(NC)nc(N(C)C(C)C(C)(C)C)n1. The minimum atomic E-state index is 0.149. The van der Waals surface area contributed by atoms with Gasteiger partial charge in [0.25, 0.3) is 0 Å². The van der Waals surface area contributed by atoms with Gasteiger partial charge < -0.3 is 15.1 Å². The van der Waals surface area contributed by atoms with E-state index in [0.717, 1.165) is 19.0 Å². The van der Waals surface area contributed by atoms with Crippen molar-refractivity contribution in [1.82, 2.24) is 15.0 Å². The fourth-order valence-corrected chi connectivity index (χ4v) is 2.03. The zero-order valence-electron chi connectivity index (χ0n) is 14.7. The summed E-state index contributed by atoms with van der Waals surface area (Å²) in [6.07, 6.45) is 0. The van der Waals surface area contributed by atoms with Crippen LogP contribution in [0.25, 0.3) is 0 Å². The van der Waals surface area contributed by atoms with Crippen molar-refractivity contribution in [2.24, 2.45) is 5.41 Å². The summed E-state index contributed by atoms with van der Waals surface area (Å²) in [5.74, 6) is 2.04. The van der Waals surface area contributed by atoms with E-state index in [1.807, 2.05) is 14.1 Å². The quantitative estimate of drug-likeness (QED) is 0.870. The molecule has 6 heteroatoms. The predicted octanol–water partition coefficient (Wildman–Crippen LogP) is 2.63. The second-order valence-electron chi connectivity index (χ2n) is 6.33. The lowest BCUT2D eigenvalue weighted by molar-refractivity contribution is 0.327. The Bertz CT molecular complexity index is 450. The van der Waals surface area contributed by atoms with Gasteiger partial charge in [0.15, 0.2) is 0 Å². The number of hydrogen-bond donors (Lipinski definition) is 1. The molecule has 0 saturated heterocycles. The number of rotatable bonds is 6. The lowest BCUT2D eigenvalue weighted by Crippen LogP contribution is -2.40. The summed E-state index contributed by atoms with van der Waals surface area (Å²) < 4.78 is 0. The molecule has 1 rings (SSSR count). The first-order valence-corrected chi connectivity index (χ1v) is 7.66. The van der Waals surface area contributed by atoms with E-state index in [9.17, 15) is 0 Å². The maximum atomic E-state index is 4.65. The van der Waals surface area contributed by atoms with E-state index >= 15 is 0 Å². The molecule has 1 aromatic heterocycles. The normalized spacial score (nSPS) is 13.0. The van der Waals surface area contributed by atoms with Crippen molar-refractivity contribution in [2.75, 3.05) is 42.3 Å². The monoisotopic (exact) mass is 294 g/mol. The fraction of sp³-hybridized carbons (Fsp3) is 0.800. The van der Waals surface area contributed by atoms with Crippen molar-refractivity contribution in [3.63, 3.8) is 0 Å². The number of anilines is 3. The summed E-state index contributed by atoms with van der Waals surface area (Å²) >= 11 is 0. The van der Waals surface area contributed by atoms with E-state index in [-0.39, 0.29) is 5.41 Å². The molecule has 1 heterocycles. The first kappa shape index (κ1) is 17.5. The molecular formula is C15H30N6.